The van der Waals surface area contributed by atoms with Crippen LogP contribution in [0.3, 0.4) is 0 Å². The molecule has 0 N–H and O–H groups in total. The van der Waals surface area contributed by atoms with Crippen molar-refractivity contribution >= 4 is 58.3 Å². The highest BCUT2D eigenvalue weighted by Gasteiger charge is 2.74. The quantitative estimate of drug-likeness (QED) is 0.359. The number of carbonyl (C=O) groups is 4. The van der Waals surface area contributed by atoms with Gasteiger partial charge in [0.25, 0.3) is 0 Å². The molecule has 178 valence electrons. The summed E-state index contributed by atoms with van der Waals surface area (Å²) in [6.07, 6.45) is 2.36. The minimum atomic E-state index is -2.13. The van der Waals surface area contributed by atoms with Crippen LogP contribution in [0.1, 0.15) is 26.3 Å². The van der Waals surface area contributed by atoms with E-state index in [4.69, 9.17) is 27.9 Å². The van der Waals surface area contributed by atoms with Gasteiger partial charge >= 0.3 is 0 Å². The molecular formula is C28H17Cl2NO5. The van der Waals surface area contributed by atoms with Gasteiger partial charge in [-0.25, -0.2) is 4.90 Å². The van der Waals surface area contributed by atoms with Crippen LogP contribution in [0.5, 0.6) is 0 Å². The Hall–Kier alpha value is -3.58. The minimum Gasteiger partial charge on any atom is -0.350 e. The number of ketones is 2. The molecule has 2 saturated heterocycles. The Morgan fingerprint density at radius 1 is 0.778 bits per heavy atom. The van der Waals surface area contributed by atoms with E-state index < -0.39 is 46.9 Å². The monoisotopic (exact) mass is 517 g/mol. The molecule has 3 aromatic carbocycles. The van der Waals surface area contributed by atoms with Crippen molar-refractivity contribution in [3.63, 3.8) is 0 Å². The van der Waals surface area contributed by atoms with E-state index >= 15 is 0 Å². The van der Waals surface area contributed by atoms with Crippen molar-refractivity contribution in [3.05, 3.63) is 106 Å². The van der Waals surface area contributed by atoms with Crippen LogP contribution in [0.25, 0.3) is 6.08 Å². The van der Waals surface area contributed by atoms with Crippen LogP contribution in [0.2, 0.25) is 10.0 Å². The lowest BCUT2D eigenvalue weighted by Crippen LogP contribution is -2.51. The van der Waals surface area contributed by atoms with Gasteiger partial charge in [0.05, 0.1) is 33.7 Å². The molecule has 0 radical (unpaired) electrons. The summed E-state index contributed by atoms with van der Waals surface area (Å²) in [6, 6.07) is 20.2. The second-order valence-electron chi connectivity index (χ2n) is 8.88. The SMILES string of the molecule is O=C1[C@H]2[C@@H](C(=O)N1c1cccc(Cl)c1Cl)C1(O[C@@H]2/C=C/c2ccccc2)C(=O)c2ccccc2C1=O. The fourth-order valence-electron chi connectivity index (χ4n) is 5.41. The molecule has 3 aliphatic rings. The number of fused-ring (bicyclic) bond motifs is 3. The van der Waals surface area contributed by atoms with Gasteiger partial charge in [0, 0.05) is 11.1 Å². The molecule has 3 aromatic rings. The van der Waals surface area contributed by atoms with Gasteiger partial charge in [0.2, 0.25) is 29.0 Å². The highest BCUT2D eigenvalue weighted by atomic mass is 35.5. The Morgan fingerprint density at radius 2 is 1.42 bits per heavy atom. The molecule has 0 saturated carbocycles. The number of nitrogens with zero attached hydrogens (tertiary/aromatic N) is 1. The predicted molar refractivity (Wildman–Crippen MR) is 134 cm³/mol. The number of amides is 2. The molecule has 0 unspecified atom stereocenters. The number of benzene rings is 3. The number of rotatable bonds is 3. The molecule has 2 aliphatic heterocycles. The minimum absolute atomic E-state index is 0.0274. The molecule has 6 nitrogen and oxygen atoms in total. The second-order valence-corrected chi connectivity index (χ2v) is 9.67. The number of carbonyl (C=O) groups excluding carboxylic acids is 4. The largest absolute Gasteiger partial charge is 0.350 e. The van der Waals surface area contributed by atoms with Crippen LogP contribution in [-0.2, 0) is 14.3 Å². The van der Waals surface area contributed by atoms with E-state index in [2.05, 4.69) is 0 Å². The second kappa shape index (κ2) is 8.23. The maximum Gasteiger partial charge on any atom is 0.241 e. The van der Waals surface area contributed by atoms with Gasteiger partial charge in [-0.05, 0) is 17.7 Å². The van der Waals surface area contributed by atoms with Gasteiger partial charge in [-0.2, -0.15) is 0 Å². The molecule has 3 atom stereocenters. The van der Waals surface area contributed by atoms with E-state index in [-0.39, 0.29) is 26.9 Å². The first-order valence-corrected chi connectivity index (χ1v) is 12.0. The van der Waals surface area contributed by atoms with Crippen LogP contribution in [0.4, 0.5) is 5.69 Å². The summed E-state index contributed by atoms with van der Waals surface area (Å²) in [5.74, 6) is -5.01. The van der Waals surface area contributed by atoms with Crippen LogP contribution >= 0.6 is 23.2 Å². The number of halogens is 2. The molecule has 0 bridgehead atoms. The van der Waals surface area contributed by atoms with Crippen LogP contribution in [0, 0.1) is 11.8 Å². The van der Waals surface area contributed by atoms with E-state index in [1.807, 2.05) is 30.3 Å². The maximum atomic E-state index is 13.9. The first-order chi connectivity index (χ1) is 17.4. The summed E-state index contributed by atoms with van der Waals surface area (Å²) >= 11 is 12.5. The third-order valence-corrected chi connectivity index (χ3v) is 7.81. The lowest BCUT2D eigenvalue weighted by molar-refractivity contribution is -0.126. The molecule has 8 heteroatoms. The Labute approximate surface area is 216 Å². The van der Waals surface area contributed by atoms with Gasteiger partial charge in [0.1, 0.15) is 0 Å². The topological polar surface area (TPSA) is 80.8 Å². The summed E-state index contributed by atoms with van der Waals surface area (Å²) in [6.45, 7) is 0. The van der Waals surface area contributed by atoms with Gasteiger partial charge in [-0.3, -0.25) is 19.2 Å². The van der Waals surface area contributed by atoms with Gasteiger partial charge in [0.15, 0.2) is 0 Å². The lowest BCUT2D eigenvalue weighted by Gasteiger charge is -2.27. The third kappa shape index (κ3) is 3.02. The standard InChI is InChI=1S/C28H17Cl2NO5/c29-18-11-6-12-19(23(18)30)31-26(34)21-20(14-13-15-7-2-1-3-8-15)36-28(22(21)27(31)35)24(32)16-9-4-5-10-17(16)25(28)33/h1-14,20-22H/b14-13+/t20-,21-,22+/m1/s1. The molecule has 2 amide bonds. The van der Waals surface area contributed by atoms with Crippen molar-refractivity contribution in [3.8, 4) is 0 Å². The molecule has 2 fully saturated rings. The lowest BCUT2D eigenvalue weighted by atomic mass is 9.78. The molecule has 36 heavy (non-hydrogen) atoms. The average molecular weight is 518 g/mol. The fraction of sp³-hybridized carbons (Fsp3) is 0.143. The van der Waals surface area contributed by atoms with Crippen molar-refractivity contribution in [2.75, 3.05) is 4.90 Å². The predicted octanol–water partition coefficient (Wildman–Crippen LogP) is 5.03. The van der Waals surface area contributed by atoms with Crippen LogP contribution < -0.4 is 4.90 Å². The summed E-state index contributed by atoms with van der Waals surface area (Å²) in [5.41, 5.74) is -0.851. The van der Waals surface area contributed by atoms with E-state index in [1.54, 1.807) is 30.4 Å². The number of hydrogen-bond donors (Lipinski definition) is 0. The Morgan fingerprint density at radius 3 is 2.08 bits per heavy atom. The average Bonchev–Trinajstić information content (AvgIpc) is 3.45. The van der Waals surface area contributed by atoms with Crippen molar-refractivity contribution < 1.29 is 23.9 Å². The molecule has 2 heterocycles. The summed E-state index contributed by atoms with van der Waals surface area (Å²) in [4.78, 5) is 56.0. The van der Waals surface area contributed by atoms with Gasteiger partial charge in [-0.1, -0.05) is 96.0 Å². The third-order valence-electron chi connectivity index (χ3n) is 7.01. The summed E-state index contributed by atoms with van der Waals surface area (Å²) in [7, 11) is 0. The number of anilines is 1. The zero-order valence-corrected chi connectivity index (χ0v) is 20.1. The van der Waals surface area contributed by atoms with E-state index in [0.29, 0.717) is 0 Å². The Balaban J connectivity index is 1.50. The zero-order chi connectivity index (χ0) is 25.2. The number of hydrogen-bond acceptors (Lipinski definition) is 5. The van der Waals surface area contributed by atoms with E-state index in [9.17, 15) is 19.2 Å². The number of imide groups is 1. The molecule has 6 rings (SSSR count). The van der Waals surface area contributed by atoms with Crippen molar-refractivity contribution in [1.29, 1.82) is 0 Å². The molecule has 1 aliphatic carbocycles. The Bertz CT molecular complexity index is 1460. The van der Waals surface area contributed by atoms with Crippen molar-refractivity contribution in [2.24, 2.45) is 11.8 Å². The van der Waals surface area contributed by atoms with Gasteiger partial charge in [-0.15, -0.1) is 0 Å². The normalized spacial score (nSPS) is 24.3. The first kappa shape index (κ1) is 22.9. The fourth-order valence-corrected chi connectivity index (χ4v) is 5.79. The van der Waals surface area contributed by atoms with Crippen LogP contribution in [0.15, 0.2) is 78.9 Å². The highest BCUT2D eigenvalue weighted by Crippen LogP contribution is 2.54. The molecule has 0 aromatic heterocycles. The van der Waals surface area contributed by atoms with Crippen molar-refractivity contribution in [1.82, 2.24) is 0 Å². The zero-order valence-electron chi connectivity index (χ0n) is 18.6. The Kier molecular flexibility index (Phi) is 5.23. The first-order valence-electron chi connectivity index (χ1n) is 11.3. The van der Waals surface area contributed by atoms with Crippen molar-refractivity contribution in [2.45, 2.75) is 11.7 Å². The smallest absolute Gasteiger partial charge is 0.241 e. The molecule has 1 spiro atoms. The van der Waals surface area contributed by atoms with Crippen LogP contribution in [-0.4, -0.2) is 35.1 Å². The van der Waals surface area contributed by atoms with Gasteiger partial charge < -0.3 is 4.74 Å². The molecular weight excluding hydrogens is 501 g/mol. The maximum absolute atomic E-state index is 13.9. The summed E-state index contributed by atoms with van der Waals surface area (Å²) < 4.78 is 6.17. The van der Waals surface area contributed by atoms with E-state index in [1.165, 1.54) is 24.3 Å². The number of ether oxygens (including phenoxy) is 1. The summed E-state index contributed by atoms with van der Waals surface area (Å²) in [5, 5.41) is 0.193. The highest BCUT2D eigenvalue weighted by molar-refractivity contribution is 6.45. The van der Waals surface area contributed by atoms with E-state index in [0.717, 1.165) is 10.5 Å². The number of Topliss-reactive ketones (excluding diaryl/α,β-unsaturated/α-hetero) is 2.